The summed E-state index contributed by atoms with van der Waals surface area (Å²) in [5.41, 5.74) is -0.334. The predicted molar refractivity (Wildman–Crippen MR) is 77.7 cm³/mol. The van der Waals surface area contributed by atoms with Gasteiger partial charge in [-0.15, -0.1) is 0 Å². The molecule has 1 aromatic rings. The normalized spacial score (nSPS) is 11.5. The van der Waals surface area contributed by atoms with Gasteiger partial charge in [-0.2, -0.15) is 13.2 Å². The molecule has 0 saturated carbocycles. The number of alkyl halides is 3. The number of nitrogens with zero attached hydrogens (tertiary/aromatic N) is 1. The van der Waals surface area contributed by atoms with Gasteiger partial charge in [0.25, 0.3) is 0 Å². The average Bonchev–Trinajstić information content (AvgIpc) is 2.46. The highest BCUT2D eigenvalue weighted by Gasteiger charge is 2.30. The van der Waals surface area contributed by atoms with E-state index in [1.165, 1.54) is 13.1 Å². The Hall–Kier alpha value is -2.09. The zero-order valence-corrected chi connectivity index (χ0v) is 12.7. The summed E-state index contributed by atoms with van der Waals surface area (Å²) in [6.45, 7) is 0.430. The first-order valence-corrected chi connectivity index (χ1v) is 7.03. The fourth-order valence-electron chi connectivity index (χ4n) is 2.05. The third-order valence-electron chi connectivity index (χ3n) is 3.17. The summed E-state index contributed by atoms with van der Waals surface area (Å²) in [7, 11) is 1.46. The molecule has 0 fully saturated rings. The molecule has 0 aliphatic rings. The Kier molecular flexibility index (Phi) is 7.02. The van der Waals surface area contributed by atoms with Crippen LogP contribution in [-0.4, -0.2) is 42.0 Å². The molecule has 1 rings (SSSR count). The first-order valence-electron chi connectivity index (χ1n) is 7.03. The molecule has 0 heterocycles. The minimum absolute atomic E-state index is 0.00757. The second kappa shape index (κ2) is 8.52. The number of amides is 1. The van der Waals surface area contributed by atoms with Crippen LogP contribution in [0.25, 0.3) is 0 Å². The number of nitrogens with one attached hydrogen (secondary N) is 1. The molecule has 0 aromatic heterocycles. The minimum Gasteiger partial charge on any atom is -0.481 e. The molecular weight excluding hydrogens is 313 g/mol. The number of hydrogen-bond donors (Lipinski definition) is 2. The van der Waals surface area contributed by atoms with Crippen LogP contribution in [0.15, 0.2) is 24.3 Å². The van der Waals surface area contributed by atoms with Crippen LogP contribution in [0.4, 0.5) is 13.2 Å². The van der Waals surface area contributed by atoms with Crippen LogP contribution in [-0.2, 0) is 22.3 Å². The van der Waals surface area contributed by atoms with Gasteiger partial charge in [-0.3, -0.25) is 14.5 Å². The van der Waals surface area contributed by atoms with Crippen molar-refractivity contribution in [1.29, 1.82) is 0 Å². The number of carbonyl (C=O) groups is 2. The SMILES string of the molecule is CNC(=O)CN(CCCC(=O)O)Cc1cccc(C(F)(F)F)c1. The Morgan fingerprint density at radius 1 is 1.30 bits per heavy atom. The molecule has 0 spiro atoms. The van der Waals surface area contributed by atoms with Crippen molar-refractivity contribution in [1.82, 2.24) is 10.2 Å². The number of halogens is 3. The second-order valence-corrected chi connectivity index (χ2v) is 5.08. The van der Waals surface area contributed by atoms with E-state index in [4.69, 9.17) is 5.11 Å². The van der Waals surface area contributed by atoms with Crippen LogP contribution in [0.3, 0.4) is 0 Å². The molecule has 1 aromatic carbocycles. The quantitative estimate of drug-likeness (QED) is 0.765. The van der Waals surface area contributed by atoms with E-state index < -0.39 is 17.7 Å². The lowest BCUT2D eigenvalue weighted by molar-refractivity contribution is -0.138. The smallest absolute Gasteiger partial charge is 0.416 e. The number of carboxylic acids is 1. The summed E-state index contributed by atoms with van der Waals surface area (Å²) in [5, 5.41) is 11.1. The van der Waals surface area contributed by atoms with Crippen molar-refractivity contribution in [3.05, 3.63) is 35.4 Å². The molecule has 0 atom stereocenters. The molecule has 128 valence electrons. The number of hydrogen-bond acceptors (Lipinski definition) is 3. The average molecular weight is 332 g/mol. The van der Waals surface area contributed by atoms with E-state index in [-0.39, 0.29) is 25.4 Å². The summed E-state index contributed by atoms with van der Waals surface area (Å²) < 4.78 is 38.2. The Morgan fingerprint density at radius 2 is 2.00 bits per heavy atom. The first kappa shape index (κ1) is 19.0. The van der Waals surface area contributed by atoms with E-state index in [0.717, 1.165) is 12.1 Å². The monoisotopic (exact) mass is 332 g/mol. The minimum atomic E-state index is -4.43. The second-order valence-electron chi connectivity index (χ2n) is 5.08. The molecule has 5 nitrogen and oxygen atoms in total. The van der Waals surface area contributed by atoms with Crippen LogP contribution in [0, 0.1) is 0 Å². The molecule has 0 radical (unpaired) electrons. The van der Waals surface area contributed by atoms with Crippen LogP contribution in [0.5, 0.6) is 0 Å². The van der Waals surface area contributed by atoms with Gasteiger partial charge < -0.3 is 10.4 Å². The first-order chi connectivity index (χ1) is 10.7. The highest BCUT2D eigenvalue weighted by Crippen LogP contribution is 2.29. The van der Waals surface area contributed by atoms with E-state index >= 15 is 0 Å². The number of carbonyl (C=O) groups excluding carboxylic acids is 1. The van der Waals surface area contributed by atoms with Gasteiger partial charge in [0.05, 0.1) is 12.1 Å². The van der Waals surface area contributed by atoms with Gasteiger partial charge >= 0.3 is 12.1 Å². The number of rotatable bonds is 8. The molecule has 2 N–H and O–H groups in total. The fourth-order valence-corrected chi connectivity index (χ4v) is 2.05. The van der Waals surface area contributed by atoms with Crippen molar-refractivity contribution >= 4 is 11.9 Å². The highest BCUT2D eigenvalue weighted by atomic mass is 19.4. The number of aliphatic carboxylic acids is 1. The standard InChI is InChI=1S/C15H19F3N2O3/c1-19-13(21)10-20(7-3-6-14(22)23)9-11-4-2-5-12(8-11)15(16,17)18/h2,4-5,8H,3,6-7,9-10H2,1H3,(H,19,21)(H,22,23). The van der Waals surface area contributed by atoms with Crippen molar-refractivity contribution in [3.8, 4) is 0 Å². The fraction of sp³-hybridized carbons (Fsp3) is 0.467. The summed E-state index contributed by atoms with van der Waals surface area (Å²) in [4.78, 5) is 23.7. The Morgan fingerprint density at radius 3 is 2.57 bits per heavy atom. The van der Waals surface area contributed by atoms with Gasteiger partial charge in [-0.1, -0.05) is 18.2 Å². The molecule has 0 saturated heterocycles. The van der Waals surface area contributed by atoms with Gasteiger partial charge in [0.2, 0.25) is 5.91 Å². The highest BCUT2D eigenvalue weighted by molar-refractivity contribution is 5.77. The van der Waals surface area contributed by atoms with E-state index in [2.05, 4.69) is 5.32 Å². The zero-order chi connectivity index (χ0) is 17.5. The largest absolute Gasteiger partial charge is 0.481 e. The summed E-state index contributed by atoms with van der Waals surface area (Å²) in [5.74, 6) is -1.24. The van der Waals surface area contributed by atoms with Gasteiger partial charge in [0.1, 0.15) is 0 Å². The number of likely N-dealkylation sites (N-methyl/N-ethyl adjacent to an activating group) is 1. The molecule has 23 heavy (non-hydrogen) atoms. The Bertz CT molecular complexity index is 547. The maximum atomic E-state index is 12.7. The van der Waals surface area contributed by atoms with Gasteiger partial charge in [0.15, 0.2) is 0 Å². The van der Waals surface area contributed by atoms with E-state index in [9.17, 15) is 22.8 Å². The van der Waals surface area contributed by atoms with Gasteiger partial charge in [-0.05, 0) is 24.6 Å². The van der Waals surface area contributed by atoms with Crippen LogP contribution < -0.4 is 5.32 Å². The lowest BCUT2D eigenvalue weighted by Crippen LogP contribution is -2.36. The van der Waals surface area contributed by atoms with Crippen molar-refractivity contribution in [2.45, 2.75) is 25.6 Å². The number of benzene rings is 1. The van der Waals surface area contributed by atoms with Crippen LogP contribution in [0.1, 0.15) is 24.0 Å². The molecule has 0 bridgehead atoms. The molecule has 0 unspecified atom stereocenters. The maximum Gasteiger partial charge on any atom is 0.416 e. The van der Waals surface area contributed by atoms with Crippen molar-refractivity contribution < 1.29 is 27.9 Å². The van der Waals surface area contributed by atoms with E-state index in [0.29, 0.717) is 18.5 Å². The predicted octanol–water partition coefficient (Wildman–Crippen LogP) is 2.12. The lowest BCUT2D eigenvalue weighted by atomic mass is 10.1. The van der Waals surface area contributed by atoms with Crippen molar-refractivity contribution in [2.75, 3.05) is 20.1 Å². The third-order valence-corrected chi connectivity index (χ3v) is 3.17. The zero-order valence-electron chi connectivity index (χ0n) is 12.7. The van der Waals surface area contributed by atoms with Gasteiger partial charge in [0, 0.05) is 20.0 Å². The van der Waals surface area contributed by atoms with Crippen LogP contribution in [0.2, 0.25) is 0 Å². The number of carboxylic acid groups (broad SMARTS) is 1. The topological polar surface area (TPSA) is 69.6 Å². The molecule has 1 amide bonds. The van der Waals surface area contributed by atoms with Crippen molar-refractivity contribution in [2.24, 2.45) is 0 Å². The lowest BCUT2D eigenvalue weighted by Gasteiger charge is -2.21. The molecule has 8 heteroatoms. The third kappa shape index (κ3) is 7.14. The van der Waals surface area contributed by atoms with Gasteiger partial charge in [-0.25, -0.2) is 0 Å². The van der Waals surface area contributed by atoms with E-state index in [1.807, 2.05) is 0 Å². The van der Waals surface area contributed by atoms with Crippen LogP contribution >= 0.6 is 0 Å². The summed E-state index contributed by atoms with van der Waals surface area (Å²) in [6.07, 6.45) is -4.18. The molecule has 0 aliphatic heterocycles. The molecular formula is C15H19F3N2O3. The Labute approximate surface area is 132 Å². The van der Waals surface area contributed by atoms with E-state index in [1.54, 1.807) is 11.0 Å². The molecule has 0 aliphatic carbocycles. The summed E-state index contributed by atoms with van der Waals surface area (Å²) in [6, 6.07) is 4.88. The summed E-state index contributed by atoms with van der Waals surface area (Å²) >= 11 is 0. The van der Waals surface area contributed by atoms with Crippen molar-refractivity contribution in [3.63, 3.8) is 0 Å². The Balaban J connectivity index is 2.78. The maximum absolute atomic E-state index is 12.7.